The van der Waals surface area contributed by atoms with Crippen LogP contribution in [-0.2, 0) is 5.41 Å². The van der Waals surface area contributed by atoms with Gasteiger partial charge in [0.25, 0.3) is 0 Å². The largest absolute Gasteiger partial charge is 0.252 e. The number of hydrogen-bond acceptors (Lipinski definition) is 2. The van der Waals surface area contributed by atoms with Crippen LogP contribution in [0.15, 0.2) is 170 Å². The van der Waals surface area contributed by atoms with Crippen LogP contribution in [0, 0.1) is 0 Å². The van der Waals surface area contributed by atoms with Crippen LogP contribution in [0.2, 0.25) is 0 Å². The number of rotatable bonds is 4. The van der Waals surface area contributed by atoms with Gasteiger partial charge >= 0.3 is 0 Å². The molecule has 0 amide bonds. The minimum atomic E-state index is -0.101. The van der Waals surface area contributed by atoms with Crippen LogP contribution in [0.25, 0.3) is 88.3 Å². The summed E-state index contributed by atoms with van der Waals surface area (Å²) >= 11 is 0. The van der Waals surface area contributed by atoms with Crippen molar-refractivity contribution in [1.82, 2.24) is 9.97 Å². The van der Waals surface area contributed by atoms with E-state index in [1.54, 1.807) is 0 Å². The molecule has 8 aromatic carbocycles. The van der Waals surface area contributed by atoms with E-state index in [4.69, 9.17) is 9.97 Å². The summed E-state index contributed by atoms with van der Waals surface area (Å²) in [5, 5.41) is 4.67. The normalized spacial score (nSPS) is 13.1. The molecule has 0 atom stereocenters. The van der Waals surface area contributed by atoms with Gasteiger partial charge in [0.15, 0.2) is 0 Å². The Morgan fingerprint density at radius 1 is 0.373 bits per heavy atom. The maximum atomic E-state index is 5.25. The average Bonchev–Trinajstić information content (AvgIpc) is 3.43. The maximum Gasteiger partial charge on any atom is 0.0979 e. The summed E-state index contributed by atoms with van der Waals surface area (Å²) in [6.07, 6.45) is 1.92. The van der Waals surface area contributed by atoms with Gasteiger partial charge in [0.2, 0.25) is 0 Å². The van der Waals surface area contributed by atoms with Gasteiger partial charge in [0, 0.05) is 21.8 Å². The van der Waals surface area contributed by atoms with Crippen molar-refractivity contribution in [3.05, 3.63) is 181 Å². The van der Waals surface area contributed by atoms with Crippen molar-refractivity contribution in [3.8, 4) is 55.8 Å². The minimum absolute atomic E-state index is 0.101. The molecular weight excluding hydrogens is 617 g/mol. The Morgan fingerprint density at radius 3 is 1.43 bits per heavy atom. The van der Waals surface area contributed by atoms with Crippen molar-refractivity contribution in [2.24, 2.45) is 0 Å². The van der Waals surface area contributed by atoms with Crippen LogP contribution in [-0.4, -0.2) is 9.97 Å². The zero-order valence-corrected chi connectivity index (χ0v) is 28.6. The molecule has 240 valence electrons. The maximum absolute atomic E-state index is 5.25. The Balaban J connectivity index is 1.01. The predicted octanol–water partition coefficient (Wildman–Crippen LogP) is 12.9. The number of hydrogen-bond donors (Lipinski definition) is 0. The second kappa shape index (κ2) is 11.3. The molecular formula is C49H34N2. The first-order valence-corrected chi connectivity index (χ1v) is 17.7. The van der Waals surface area contributed by atoms with Gasteiger partial charge in [-0.2, -0.15) is 0 Å². The molecule has 0 radical (unpaired) electrons. The predicted molar refractivity (Wildman–Crippen MR) is 214 cm³/mol. The lowest BCUT2D eigenvalue weighted by Gasteiger charge is -2.22. The lowest BCUT2D eigenvalue weighted by Crippen LogP contribution is -2.15. The zero-order valence-electron chi connectivity index (χ0n) is 28.6. The lowest BCUT2D eigenvalue weighted by molar-refractivity contribution is 0.661. The van der Waals surface area contributed by atoms with Crippen LogP contribution < -0.4 is 0 Å². The SMILES string of the molecule is CC1(C)c2cc(-c3ccccc3)ccc2-c2ccc(-c3cccc(-c4cccc(-c5cnc6c7ccccc7c7ccccc7c6n5)c4)c3)cc21. The van der Waals surface area contributed by atoms with Gasteiger partial charge in [-0.25, -0.2) is 4.98 Å². The molecule has 1 aliphatic rings. The molecule has 0 spiro atoms. The number of fused-ring (bicyclic) bond motifs is 9. The first-order chi connectivity index (χ1) is 25.0. The summed E-state index contributed by atoms with van der Waals surface area (Å²) in [6.45, 7) is 4.72. The molecule has 1 aromatic heterocycles. The van der Waals surface area contributed by atoms with Gasteiger partial charge in [-0.05, 0) is 90.7 Å². The van der Waals surface area contributed by atoms with E-state index < -0.39 is 0 Å². The fraction of sp³-hybridized carbons (Fsp3) is 0.0612. The van der Waals surface area contributed by atoms with Crippen LogP contribution in [0.1, 0.15) is 25.0 Å². The molecule has 1 heterocycles. The summed E-state index contributed by atoms with van der Waals surface area (Å²) in [5.74, 6) is 0. The van der Waals surface area contributed by atoms with E-state index in [9.17, 15) is 0 Å². The Hall–Kier alpha value is -6.38. The fourth-order valence-electron chi connectivity index (χ4n) is 8.23. The van der Waals surface area contributed by atoms with Gasteiger partial charge in [-0.3, -0.25) is 4.98 Å². The van der Waals surface area contributed by atoms with Gasteiger partial charge in [-0.1, -0.05) is 153 Å². The van der Waals surface area contributed by atoms with E-state index in [0.29, 0.717) is 0 Å². The molecule has 0 saturated carbocycles. The van der Waals surface area contributed by atoms with Crippen molar-refractivity contribution in [2.75, 3.05) is 0 Å². The van der Waals surface area contributed by atoms with E-state index >= 15 is 0 Å². The third kappa shape index (κ3) is 4.71. The van der Waals surface area contributed by atoms with Crippen molar-refractivity contribution < 1.29 is 0 Å². The highest BCUT2D eigenvalue weighted by Gasteiger charge is 2.35. The van der Waals surface area contributed by atoms with Crippen LogP contribution in [0.3, 0.4) is 0 Å². The number of nitrogens with zero attached hydrogens (tertiary/aromatic N) is 2. The minimum Gasteiger partial charge on any atom is -0.252 e. The number of aromatic nitrogens is 2. The highest BCUT2D eigenvalue weighted by molar-refractivity contribution is 6.23. The summed E-state index contributed by atoms with van der Waals surface area (Å²) in [5.41, 5.74) is 16.4. The van der Waals surface area contributed by atoms with E-state index in [1.807, 2.05) is 6.20 Å². The molecule has 2 heteroatoms. The molecule has 9 aromatic rings. The van der Waals surface area contributed by atoms with Crippen molar-refractivity contribution in [1.29, 1.82) is 0 Å². The standard InChI is InChI=1S/C49H34N2/c1-49(2)44-28-35(31-12-4-3-5-13-31)22-24-40(44)41-25-23-36(29-45(41)49)33-15-10-14-32(26-33)34-16-11-17-37(27-34)46-30-50-47-42-20-8-6-18-38(42)39-19-7-9-21-43(39)48(47)51-46/h3-30H,1-2H3. The topological polar surface area (TPSA) is 25.8 Å². The summed E-state index contributed by atoms with van der Waals surface area (Å²) in [7, 11) is 0. The van der Waals surface area contributed by atoms with Gasteiger partial charge < -0.3 is 0 Å². The molecule has 0 N–H and O–H groups in total. The Labute approximate surface area is 297 Å². The Kier molecular flexibility index (Phi) is 6.56. The molecule has 51 heavy (non-hydrogen) atoms. The summed E-state index contributed by atoms with van der Waals surface area (Å²) in [6, 6.07) is 59.3. The molecule has 0 bridgehead atoms. The summed E-state index contributed by atoms with van der Waals surface area (Å²) < 4.78 is 0. The van der Waals surface area contributed by atoms with Gasteiger partial charge in [-0.15, -0.1) is 0 Å². The molecule has 1 aliphatic carbocycles. The average molecular weight is 651 g/mol. The number of benzene rings is 8. The van der Waals surface area contributed by atoms with Gasteiger partial charge in [0.1, 0.15) is 0 Å². The summed E-state index contributed by atoms with van der Waals surface area (Å²) in [4.78, 5) is 10.3. The van der Waals surface area contributed by atoms with Crippen LogP contribution >= 0.6 is 0 Å². The molecule has 0 aliphatic heterocycles. The highest BCUT2D eigenvalue weighted by Crippen LogP contribution is 2.50. The van der Waals surface area contributed by atoms with Crippen LogP contribution in [0.5, 0.6) is 0 Å². The van der Waals surface area contributed by atoms with Gasteiger partial charge in [0.05, 0.1) is 22.9 Å². The third-order valence-corrected chi connectivity index (χ3v) is 10.9. The first kappa shape index (κ1) is 29.5. The molecule has 0 saturated heterocycles. The first-order valence-electron chi connectivity index (χ1n) is 17.7. The molecule has 0 unspecified atom stereocenters. The zero-order chi connectivity index (χ0) is 34.1. The van der Waals surface area contributed by atoms with Crippen molar-refractivity contribution >= 4 is 32.6 Å². The second-order valence-corrected chi connectivity index (χ2v) is 14.2. The van der Waals surface area contributed by atoms with E-state index in [2.05, 4.69) is 178 Å². The second-order valence-electron chi connectivity index (χ2n) is 14.2. The molecule has 0 fully saturated rings. The van der Waals surface area contributed by atoms with E-state index in [0.717, 1.165) is 38.6 Å². The molecule has 10 rings (SSSR count). The smallest absolute Gasteiger partial charge is 0.0979 e. The molecule has 2 nitrogen and oxygen atoms in total. The third-order valence-electron chi connectivity index (χ3n) is 10.9. The monoisotopic (exact) mass is 650 g/mol. The van der Waals surface area contributed by atoms with Crippen molar-refractivity contribution in [2.45, 2.75) is 19.3 Å². The van der Waals surface area contributed by atoms with E-state index in [-0.39, 0.29) is 5.41 Å². The van der Waals surface area contributed by atoms with Crippen molar-refractivity contribution in [3.63, 3.8) is 0 Å². The quantitative estimate of drug-likeness (QED) is 0.177. The van der Waals surface area contributed by atoms with Crippen LogP contribution in [0.4, 0.5) is 0 Å². The highest BCUT2D eigenvalue weighted by atomic mass is 14.8. The Morgan fingerprint density at radius 2 is 0.824 bits per heavy atom. The Bertz CT molecular complexity index is 2790. The lowest BCUT2D eigenvalue weighted by atomic mass is 9.80. The fourth-order valence-corrected chi connectivity index (χ4v) is 8.23. The van der Waals surface area contributed by atoms with E-state index in [1.165, 1.54) is 60.8 Å².